The molecule has 4 heteroatoms. The maximum Gasteiger partial charge on any atom is 0.410 e. The molecule has 1 N–H and O–H groups in total. The van der Waals surface area contributed by atoms with Crippen LogP contribution in [0.2, 0.25) is 0 Å². The highest BCUT2D eigenvalue weighted by atomic mass is 16.6. The Morgan fingerprint density at radius 3 is 2.59 bits per heavy atom. The molecule has 4 nitrogen and oxygen atoms in total. The van der Waals surface area contributed by atoms with Crippen molar-refractivity contribution in [3.63, 3.8) is 0 Å². The summed E-state index contributed by atoms with van der Waals surface area (Å²) in [6.07, 6.45) is 3.45. The minimum atomic E-state index is -0.412. The summed E-state index contributed by atoms with van der Waals surface area (Å²) in [6.45, 7) is 10.2. The summed E-state index contributed by atoms with van der Waals surface area (Å²) in [5.41, 5.74) is -0.412. The molecule has 1 atom stereocenters. The monoisotopic (exact) mass is 242 g/mol. The number of hydrogen-bond acceptors (Lipinski definition) is 3. The van der Waals surface area contributed by atoms with Crippen LogP contribution in [-0.2, 0) is 4.74 Å². The summed E-state index contributed by atoms with van der Waals surface area (Å²) >= 11 is 0. The summed E-state index contributed by atoms with van der Waals surface area (Å²) in [5, 5.41) is 3.45. The fourth-order valence-corrected chi connectivity index (χ4v) is 2.01. The van der Waals surface area contributed by atoms with Gasteiger partial charge in [0.1, 0.15) is 5.60 Å². The van der Waals surface area contributed by atoms with Gasteiger partial charge in [0.05, 0.1) is 0 Å². The van der Waals surface area contributed by atoms with E-state index in [-0.39, 0.29) is 6.09 Å². The van der Waals surface area contributed by atoms with Gasteiger partial charge in [-0.1, -0.05) is 6.42 Å². The molecule has 1 heterocycles. The molecule has 17 heavy (non-hydrogen) atoms. The van der Waals surface area contributed by atoms with Crippen LogP contribution in [0, 0.1) is 0 Å². The number of piperidine rings is 1. The quantitative estimate of drug-likeness (QED) is 0.826. The van der Waals surface area contributed by atoms with Crippen molar-refractivity contribution in [3.05, 3.63) is 0 Å². The van der Waals surface area contributed by atoms with E-state index in [0.29, 0.717) is 12.6 Å². The smallest absolute Gasteiger partial charge is 0.410 e. The van der Waals surface area contributed by atoms with Crippen molar-refractivity contribution < 1.29 is 9.53 Å². The molecule has 0 aromatic rings. The number of hydrogen-bond donors (Lipinski definition) is 1. The zero-order valence-electron chi connectivity index (χ0n) is 11.6. The van der Waals surface area contributed by atoms with Gasteiger partial charge in [0, 0.05) is 19.1 Å². The molecule has 0 aromatic heterocycles. The number of nitrogens with zero attached hydrogens (tertiary/aromatic N) is 1. The molecule has 0 unspecified atom stereocenters. The van der Waals surface area contributed by atoms with Crippen molar-refractivity contribution in [1.82, 2.24) is 10.2 Å². The van der Waals surface area contributed by atoms with E-state index in [2.05, 4.69) is 5.32 Å². The Bertz CT molecular complexity index is 242. The van der Waals surface area contributed by atoms with Crippen LogP contribution in [0.5, 0.6) is 0 Å². The Balaban J connectivity index is 2.43. The maximum absolute atomic E-state index is 11.9. The normalized spacial score (nSPS) is 21.1. The number of carbonyl (C=O) groups excluding carboxylic acids is 1. The summed E-state index contributed by atoms with van der Waals surface area (Å²) in [7, 11) is 0. The Morgan fingerprint density at radius 1 is 1.41 bits per heavy atom. The van der Waals surface area contributed by atoms with Gasteiger partial charge in [0.15, 0.2) is 0 Å². The van der Waals surface area contributed by atoms with E-state index in [1.54, 1.807) is 4.90 Å². The van der Waals surface area contributed by atoms with Crippen LogP contribution in [0.3, 0.4) is 0 Å². The first-order chi connectivity index (χ1) is 7.92. The van der Waals surface area contributed by atoms with Crippen LogP contribution in [0.1, 0.15) is 47.0 Å². The maximum atomic E-state index is 11.9. The van der Waals surface area contributed by atoms with Crippen molar-refractivity contribution in [2.24, 2.45) is 0 Å². The Hall–Kier alpha value is -0.770. The molecule has 1 saturated heterocycles. The number of rotatable bonds is 3. The molecule has 1 amide bonds. The van der Waals surface area contributed by atoms with Gasteiger partial charge in [-0.25, -0.2) is 4.79 Å². The highest BCUT2D eigenvalue weighted by Gasteiger charge is 2.24. The third-order valence-corrected chi connectivity index (χ3v) is 2.89. The second-order valence-electron chi connectivity index (χ2n) is 5.67. The fourth-order valence-electron chi connectivity index (χ4n) is 2.01. The van der Waals surface area contributed by atoms with E-state index in [0.717, 1.165) is 19.5 Å². The van der Waals surface area contributed by atoms with Crippen molar-refractivity contribution >= 4 is 6.09 Å². The van der Waals surface area contributed by atoms with Crippen LogP contribution < -0.4 is 5.32 Å². The van der Waals surface area contributed by atoms with Gasteiger partial charge < -0.3 is 15.0 Å². The predicted molar refractivity (Wildman–Crippen MR) is 69.1 cm³/mol. The predicted octanol–water partition coefficient (Wildman–Crippen LogP) is 2.39. The lowest BCUT2D eigenvalue weighted by atomic mass is 10.0. The topological polar surface area (TPSA) is 41.6 Å². The third kappa shape index (κ3) is 5.39. The Morgan fingerprint density at radius 2 is 2.12 bits per heavy atom. The van der Waals surface area contributed by atoms with Gasteiger partial charge in [0.25, 0.3) is 0 Å². The standard InChI is InChI=1S/C13H26N2O2/c1-5-15(12(16)17-13(2,3)4)10-11-8-6-7-9-14-11/h11,14H,5-10H2,1-4H3/t11-/m0/s1. The average Bonchev–Trinajstić information content (AvgIpc) is 2.24. The first-order valence-corrected chi connectivity index (χ1v) is 6.63. The van der Waals surface area contributed by atoms with E-state index in [9.17, 15) is 4.79 Å². The van der Waals surface area contributed by atoms with Gasteiger partial charge in [-0.15, -0.1) is 0 Å². The lowest BCUT2D eigenvalue weighted by molar-refractivity contribution is 0.0237. The minimum absolute atomic E-state index is 0.202. The van der Waals surface area contributed by atoms with E-state index in [1.165, 1.54) is 12.8 Å². The molecular weight excluding hydrogens is 216 g/mol. The molecular formula is C13H26N2O2. The highest BCUT2D eigenvalue weighted by Crippen LogP contribution is 2.12. The molecule has 0 radical (unpaired) electrons. The molecule has 100 valence electrons. The molecule has 1 rings (SSSR count). The van der Waals surface area contributed by atoms with Gasteiger partial charge in [0.2, 0.25) is 0 Å². The number of ether oxygens (including phenoxy) is 1. The number of likely N-dealkylation sites (N-methyl/N-ethyl adjacent to an activating group) is 1. The zero-order chi connectivity index (χ0) is 12.9. The summed E-state index contributed by atoms with van der Waals surface area (Å²) < 4.78 is 5.39. The molecule has 1 aliphatic heterocycles. The second-order valence-corrected chi connectivity index (χ2v) is 5.67. The lowest BCUT2D eigenvalue weighted by Gasteiger charge is -2.31. The van der Waals surface area contributed by atoms with E-state index >= 15 is 0 Å². The summed E-state index contributed by atoms with van der Waals surface area (Å²) in [4.78, 5) is 13.7. The first-order valence-electron chi connectivity index (χ1n) is 6.63. The van der Waals surface area contributed by atoms with Gasteiger partial charge >= 0.3 is 6.09 Å². The molecule has 0 aromatic carbocycles. The van der Waals surface area contributed by atoms with Crippen LogP contribution in [0.25, 0.3) is 0 Å². The third-order valence-electron chi connectivity index (χ3n) is 2.89. The average molecular weight is 242 g/mol. The Kier molecular flexibility index (Phi) is 5.25. The van der Waals surface area contributed by atoms with Crippen LogP contribution >= 0.6 is 0 Å². The van der Waals surface area contributed by atoms with E-state index < -0.39 is 5.60 Å². The minimum Gasteiger partial charge on any atom is -0.444 e. The second kappa shape index (κ2) is 6.24. The SMILES string of the molecule is CCN(C[C@@H]1CCCCN1)C(=O)OC(C)(C)C. The number of amides is 1. The fraction of sp³-hybridized carbons (Fsp3) is 0.923. The molecule has 1 fully saturated rings. The summed E-state index contributed by atoms with van der Waals surface area (Å²) in [5.74, 6) is 0. The molecule has 0 spiro atoms. The van der Waals surface area contributed by atoms with Crippen molar-refractivity contribution in [2.45, 2.75) is 58.6 Å². The van der Waals surface area contributed by atoms with Gasteiger partial charge in [-0.3, -0.25) is 0 Å². The van der Waals surface area contributed by atoms with Crippen molar-refractivity contribution in [1.29, 1.82) is 0 Å². The molecule has 1 aliphatic rings. The van der Waals surface area contributed by atoms with Crippen molar-refractivity contribution in [2.75, 3.05) is 19.6 Å². The van der Waals surface area contributed by atoms with Crippen molar-refractivity contribution in [3.8, 4) is 0 Å². The highest BCUT2D eigenvalue weighted by molar-refractivity contribution is 5.68. The Labute approximate surface area is 105 Å². The zero-order valence-corrected chi connectivity index (χ0v) is 11.6. The number of nitrogens with one attached hydrogen (secondary N) is 1. The van der Waals surface area contributed by atoms with E-state index in [1.807, 2.05) is 27.7 Å². The van der Waals surface area contributed by atoms with Crippen LogP contribution in [0.15, 0.2) is 0 Å². The number of carbonyl (C=O) groups is 1. The van der Waals surface area contributed by atoms with Gasteiger partial charge in [-0.2, -0.15) is 0 Å². The summed E-state index contributed by atoms with van der Waals surface area (Å²) in [6, 6.07) is 0.427. The van der Waals surface area contributed by atoms with Crippen LogP contribution in [-0.4, -0.2) is 42.3 Å². The molecule has 0 bridgehead atoms. The molecule has 0 saturated carbocycles. The molecule has 0 aliphatic carbocycles. The van der Waals surface area contributed by atoms with E-state index in [4.69, 9.17) is 4.74 Å². The van der Waals surface area contributed by atoms with Crippen LogP contribution in [0.4, 0.5) is 4.79 Å². The van der Waals surface area contributed by atoms with Gasteiger partial charge in [-0.05, 0) is 47.1 Å². The lowest BCUT2D eigenvalue weighted by Crippen LogP contribution is -2.47. The largest absolute Gasteiger partial charge is 0.444 e. The first kappa shape index (κ1) is 14.3.